The highest BCUT2D eigenvalue weighted by atomic mass is 32.2. The number of phosphoric ester groups is 1. The molecule has 0 saturated carbocycles. The molecule has 0 spiro atoms. The topological polar surface area (TPSA) is 65.0 Å². The fourth-order valence-corrected chi connectivity index (χ4v) is 7.30. The molecule has 1 heterocycles. The van der Waals surface area contributed by atoms with E-state index in [1.54, 1.807) is 7.11 Å². The van der Waals surface area contributed by atoms with Crippen LogP contribution < -0.4 is 0 Å². The van der Waals surface area contributed by atoms with Crippen molar-refractivity contribution in [3.63, 3.8) is 0 Å². The number of ether oxygens (including phenoxy) is 1. The van der Waals surface area contributed by atoms with Crippen molar-refractivity contribution in [2.24, 2.45) is 5.92 Å². The zero-order valence-corrected chi connectivity index (χ0v) is 27.2. The summed E-state index contributed by atoms with van der Waals surface area (Å²) < 4.78 is 29.6. The zero-order valence-electron chi connectivity index (χ0n) is 25.5. The molecule has 0 bridgehead atoms. The van der Waals surface area contributed by atoms with Gasteiger partial charge in [-0.2, -0.15) is 11.8 Å². The van der Waals surface area contributed by atoms with E-state index in [-0.39, 0.29) is 18.6 Å². The summed E-state index contributed by atoms with van der Waals surface area (Å²) in [5, 5.41) is 0. The first-order valence-corrected chi connectivity index (χ1v) is 18.5. The number of likely N-dealkylation sites (tertiary alicyclic amines) is 1. The van der Waals surface area contributed by atoms with E-state index in [0.717, 1.165) is 41.9 Å². The summed E-state index contributed by atoms with van der Waals surface area (Å²) in [7, 11) is 2.00. The van der Waals surface area contributed by atoms with Gasteiger partial charge in [0.05, 0.1) is 46.5 Å². The summed E-state index contributed by atoms with van der Waals surface area (Å²) in [6.07, 6.45) is 23.6. The summed E-state index contributed by atoms with van der Waals surface area (Å²) >= 11 is 1.90. The predicted molar refractivity (Wildman–Crippen MR) is 164 cm³/mol. The number of thioether (sulfide) groups is 1. The molecule has 38 heavy (non-hydrogen) atoms. The Kier molecular flexibility index (Phi) is 22.0. The SMILES string of the molecule is CCCCCCCCCCCCCCCCCCSCC(COC)COP(=O)(O)OC1CC[N+](C)(C)CC1. The van der Waals surface area contributed by atoms with Gasteiger partial charge in [0.1, 0.15) is 0 Å². The summed E-state index contributed by atoms with van der Waals surface area (Å²) in [6.45, 7) is 4.91. The van der Waals surface area contributed by atoms with Crippen LogP contribution in [0.15, 0.2) is 0 Å². The number of hydrogen-bond donors (Lipinski definition) is 1. The van der Waals surface area contributed by atoms with Gasteiger partial charge in [-0.1, -0.05) is 103 Å². The van der Waals surface area contributed by atoms with Gasteiger partial charge in [0.2, 0.25) is 0 Å². The minimum absolute atomic E-state index is 0.0945. The van der Waals surface area contributed by atoms with Gasteiger partial charge in [-0.15, -0.1) is 0 Å². The molecule has 0 radical (unpaired) electrons. The van der Waals surface area contributed by atoms with Crippen LogP contribution in [0.3, 0.4) is 0 Å². The highest BCUT2D eigenvalue weighted by Crippen LogP contribution is 2.46. The maximum absolute atomic E-state index is 12.5. The Morgan fingerprint density at radius 2 is 1.29 bits per heavy atom. The normalized spacial score (nSPS) is 18.4. The molecule has 1 aliphatic heterocycles. The van der Waals surface area contributed by atoms with Gasteiger partial charge in [-0.3, -0.25) is 9.05 Å². The first-order valence-electron chi connectivity index (χ1n) is 15.8. The van der Waals surface area contributed by atoms with Gasteiger partial charge >= 0.3 is 7.82 Å². The second kappa shape index (κ2) is 23.0. The molecule has 0 aromatic heterocycles. The molecule has 1 N–H and O–H groups in total. The summed E-state index contributed by atoms with van der Waals surface area (Å²) in [5.74, 6) is 2.10. The molecule has 2 atom stereocenters. The van der Waals surface area contributed by atoms with Crippen molar-refractivity contribution in [3.05, 3.63) is 0 Å². The van der Waals surface area contributed by atoms with E-state index in [1.807, 2.05) is 11.8 Å². The van der Waals surface area contributed by atoms with Crippen LogP contribution >= 0.6 is 19.6 Å². The highest BCUT2D eigenvalue weighted by Gasteiger charge is 2.33. The molecule has 0 aromatic rings. The lowest BCUT2D eigenvalue weighted by atomic mass is 10.0. The number of phosphoric acid groups is 1. The molecule has 0 amide bonds. The van der Waals surface area contributed by atoms with Crippen molar-refractivity contribution in [3.8, 4) is 0 Å². The lowest BCUT2D eigenvalue weighted by Crippen LogP contribution is -2.47. The monoisotopic (exact) mass is 580 g/mol. The standard InChI is InChI=1S/C30H62NO5PS/c1-5-6-7-8-9-10-11-12-13-14-15-16-17-18-19-20-25-38-28-29(26-34-4)27-35-37(32,33)36-30-21-23-31(2,3)24-22-30/h29-30H,5-28H2,1-4H3/p+1. The van der Waals surface area contributed by atoms with E-state index >= 15 is 0 Å². The number of rotatable bonds is 26. The van der Waals surface area contributed by atoms with Crippen molar-refractivity contribution in [2.75, 3.05) is 59.0 Å². The van der Waals surface area contributed by atoms with Crippen LogP contribution in [0.2, 0.25) is 0 Å². The van der Waals surface area contributed by atoms with Crippen molar-refractivity contribution in [2.45, 2.75) is 129 Å². The minimum Gasteiger partial charge on any atom is -0.384 e. The maximum atomic E-state index is 12.5. The second-order valence-corrected chi connectivity index (χ2v) is 14.7. The van der Waals surface area contributed by atoms with E-state index < -0.39 is 7.82 Å². The summed E-state index contributed by atoms with van der Waals surface area (Å²) in [4.78, 5) is 10.2. The first-order chi connectivity index (χ1) is 18.3. The number of nitrogens with zero attached hydrogens (tertiary/aromatic N) is 1. The minimum atomic E-state index is -4.03. The van der Waals surface area contributed by atoms with Gasteiger partial charge in [-0.05, 0) is 12.2 Å². The van der Waals surface area contributed by atoms with E-state index in [4.69, 9.17) is 13.8 Å². The number of quaternary nitrogens is 1. The average molecular weight is 581 g/mol. The van der Waals surface area contributed by atoms with Crippen molar-refractivity contribution in [1.29, 1.82) is 0 Å². The quantitative estimate of drug-likeness (QED) is 0.0628. The molecule has 0 aromatic carbocycles. The number of piperidine rings is 1. The third-order valence-corrected chi connectivity index (χ3v) is 10.1. The second-order valence-electron chi connectivity index (χ2n) is 12.2. The Morgan fingerprint density at radius 1 is 0.816 bits per heavy atom. The van der Waals surface area contributed by atoms with E-state index in [2.05, 4.69) is 21.0 Å². The Balaban J connectivity index is 1.96. The molecule has 2 unspecified atom stereocenters. The van der Waals surface area contributed by atoms with Gasteiger partial charge in [0.15, 0.2) is 0 Å². The van der Waals surface area contributed by atoms with E-state index in [9.17, 15) is 9.46 Å². The Hall–Kier alpha value is 0.380. The Morgan fingerprint density at radius 3 is 1.76 bits per heavy atom. The predicted octanol–water partition coefficient (Wildman–Crippen LogP) is 8.62. The van der Waals surface area contributed by atoms with Crippen molar-refractivity contribution >= 4 is 19.6 Å². The third kappa shape index (κ3) is 21.2. The van der Waals surface area contributed by atoms with E-state index in [1.165, 1.54) is 103 Å². The molecular weight excluding hydrogens is 517 g/mol. The first kappa shape index (κ1) is 36.4. The highest BCUT2D eigenvalue weighted by molar-refractivity contribution is 7.99. The van der Waals surface area contributed by atoms with Crippen LogP contribution in [0.5, 0.6) is 0 Å². The molecule has 1 fully saturated rings. The Labute approximate surface area is 240 Å². The molecule has 1 saturated heterocycles. The smallest absolute Gasteiger partial charge is 0.384 e. The van der Waals surface area contributed by atoms with Crippen LogP contribution in [0.25, 0.3) is 0 Å². The zero-order chi connectivity index (χ0) is 28.0. The third-order valence-electron chi connectivity index (χ3n) is 7.77. The fraction of sp³-hybridized carbons (Fsp3) is 1.00. The number of unbranched alkanes of at least 4 members (excludes halogenated alkanes) is 15. The van der Waals surface area contributed by atoms with Crippen LogP contribution in [0.4, 0.5) is 0 Å². The van der Waals surface area contributed by atoms with Crippen LogP contribution in [0.1, 0.15) is 122 Å². The van der Waals surface area contributed by atoms with Gasteiger partial charge in [-0.25, -0.2) is 4.57 Å². The largest absolute Gasteiger partial charge is 0.472 e. The summed E-state index contributed by atoms with van der Waals surface area (Å²) in [5.41, 5.74) is 0. The molecule has 1 rings (SSSR count). The maximum Gasteiger partial charge on any atom is 0.472 e. The number of methoxy groups -OCH3 is 1. The molecular formula is C30H63NO5PS+. The van der Waals surface area contributed by atoms with Gasteiger partial charge < -0.3 is 14.1 Å². The molecule has 228 valence electrons. The van der Waals surface area contributed by atoms with Gasteiger partial charge in [0, 0.05) is 31.6 Å². The van der Waals surface area contributed by atoms with Gasteiger partial charge in [0.25, 0.3) is 0 Å². The lowest BCUT2D eigenvalue weighted by Gasteiger charge is -2.37. The number of hydrogen-bond acceptors (Lipinski definition) is 5. The lowest BCUT2D eigenvalue weighted by molar-refractivity contribution is -0.896. The summed E-state index contributed by atoms with van der Waals surface area (Å²) in [6, 6.07) is 0. The van der Waals surface area contributed by atoms with Crippen LogP contribution in [0, 0.1) is 5.92 Å². The molecule has 6 nitrogen and oxygen atoms in total. The molecule has 8 heteroatoms. The molecule has 0 aliphatic carbocycles. The van der Waals surface area contributed by atoms with Crippen LogP contribution in [-0.4, -0.2) is 74.5 Å². The van der Waals surface area contributed by atoms with Crippen molar-refractivity contribution < 1.29 is 27.7 Å². The molecule has 1 aliphatic rings. The Bertz CT molecular complexity index is 585. The van der Waals surface area contributed by atoms with Crippen molar-refractivity contribution in [1.82, 2.24) is 0 Å². The van der Waals surface area contributed by atoms with E-state index in [0.29, 0.717) is 6.61 Å². The fourth-order valence-electron chi connectivity index (χ4n) is 5.15. The van der Waals surface area contributed by atoms with Crippen LogP contribution in [-0.2, 0) is 18.3 Å². The average Bonchev–Trinajstić information content (AvgIpc) is 2.87.